The SMILES string of the molecule is Cl.O=S(=O)(Nc1cc(Nc2ccncc2)c2occc2c1)c1ccccc1Cl. The Morgan fingerprint density at radius 2 is 1.71 bits per heavy atom. The van der Waals surface area contributed by atoms with Gasteiger partial charge < -0.3 is 9.73 Å². The van der Waals surface area contributed by atoms with Crippen molar-refractivity contribution in [3.8, 4) is 0 Å². The molecule has 2 N–H and O–H groups in total. The van der Waals surface area contributed by atoms with E-state index < -0.39 is 10.0 Å². The number of hydrogen-bond acceptors (Lipinski definition) is 5. The molecule has 4 rings (SSSR count). The Balaban J connectivity index is 0.00000225. The van der Waals surface area contributed by atoms with Gasteiger partial charge in [0, 0.05) is 23.5 Å². The van der Waals surface area contributed by atoms with E-state index in [1.54, 1.807) is 61.1 Å². The molecule has 6 nitrogen and oxygen atoms in total. The summed E-state index contributed by atoms with van der Waals surface area (Å²) in [5.41, 5.74) is 2.43. The Labute approximate surface area is 173 Å². The molecule has 0 unspecified atom stereocenters. The van der Waals surface area contributed by atoms with Gasteiger partial charge in [0.05, 0.1) is 22.7 Å². The van der Waals surface area contributed by atoms with Crippen LogP contribution in [0.3, 0.4) is 0 Å². The lowest BCUT2D eigenvalue weighted by molar-refractivity contribution is 0.601. The summed E-state index contributed by atoms with van der Waals surface area (Å²) in [6.45, 7) is 0. The van der Waals surface area contributed by atoms with E-state index in [-0.39, 0.29) is 22.3 Å². The van der Waals surface area contributed by atoms with Crippen LogP contribution in [0.2, 0.25) is 5.02 Å². The van der Waals surface area contributed by atoms with Crippen molar-refractivity contribution in [1.29, 1.82) is 0 Å². The maximum atomic E-state index is 12.7. The minimum atomic E-state index is -3.84. The van der Waals surface area contributed by atoms with Crippen LogP contribution in [0.5, 0.6) is 0 Å². The highest BCUT2D eigenvalue weighted by Crippen LogP contribution is 2.32. The molecular formula is C19H15Cl2N3O3S. The van der Waals surface area contributed by atoms with Crippen LogP contribution in [-0.4, -0.2) is 13.4 Å². The van der Waals surface area contributed by atoms with Crippen LogP contribution in [0.4, 0.5) is 17.1 Å². The molecule has 4 aromatic rings. The molecule has 2 aromatic carbocycles. The number of pyridine rings is 1. The number of benzene rings is 2. The highest BCUT2D eigenvalue weighted by atomic mass is 35.5. The van der Waals surface area contributed by atoms with E-state index >= 15 is 0 Å². The van der Waals surface area contributed by atoms with Crippen LogP contribution in [-0.2, 0) is 10.0 Å². The third-order valence-corrected chi connectivity index (χ3v) is 5.77. The van der Waals surface area contributed by atoms with Crippen molar-refractivity contribution in [1.82, 2.24) is 4.98 Å². The maximum absolute atomic E-state index is 12.7. The summed E-state index contributed by atoms with van der Waals surface area (Å²) >= 11 is 6.04. The molecule has 9 heteroatoms. The third kappa shape index (κ3) is 4.06. The summed E-state index contributed by atoms with van der Waals surface area (Å²) in [5.74, 6) is 0. The molecule has 0 aliphatic carbocycles. The van der Waals surface area contributed by atoms with Crippen LogP contribution in [0.15, 0.2) is 82.6 Å². The van der Waals surface area contributed by atoms with E-state index in [4.69, 9.17) is 16.0 Å². The fourth-order valence-corrected chi connectivity index (χ4v) is 4.26. The Morgan fingerprint density at radius 3 is 2.46 bits per heavy atom. The normalized spacial score (nSPS) is 11.0. The summed E-state index contributed by atoms with van der Waals surface area (Å²) < 4.78 is 33.5. The molecule has 2 heterocycles. The number of nitrogens with one attached hydrogen (secondary N) is 2. The molecule has 2 aromatic heterocycles. The van der Waals surface area contributed by atoms with Crippen LogP contribution in [0, 0.1) is 0 Å². The topological polar surface area (TPSA) is 84.2 Å². The molecule has 0 saturated heterocycles. The second kappa shape index (κ2) is 8.10. The van der Waals surface area contributed by atoms with Gasteiger partial charge in [-0.05, 0) is 42.5 Å². The van der Waals surface area contributed by atoms with Gasteiger partial charge in [-0.25, -0.2) is 8.42 Å². The molecule has 0 atom stereocenters. The van der Waals surface area contributed by atoms with Crippen molar-refractivity contribution >= 4 is 62.1 Å². The average Bonchev–Trinajstić information content (AvgIpc) is 3.11. The number of hydrogen-bond donors (Lipinski definition) is 2. The first-order chi connectivity index (χ1) is 13.0. The number of nitrogens with zero attached hydrogens (tertiary/aromatic N) is 1. The molecule has 0 spiro atoms. The second-order valence-corrected chi connectivity index (χ2v) is 7.82. The molecule has 144 valence electrons. The van der Waals surface area contributed by atoms with Crippen molar-refractivity contribution in [3.05, 3.63) is 78.3 Å². The quantitative estimate of drug-likeness (QED) is 0.435. The van der Waals surface area contributed by atoms with Crippen LogP contribution in [0.1, 0.15) is 0 Å². The number of fused-ring (bicyclic) bond motifs is 1. The van der Waals surface area contributed by atoms with Gasteiger partial charge in [-0.15, -0.1) is 12.4 Å². The zero-order valence-electron chi connectivity index (χ0n) is 14.3. The van der Waals surface area contributed by atoms with Gasteiger partial charge >= 0.3 is 0 Å². The number of furan rings is 1. The monoisotopic (exact) mass is 435 g/mol. The lowest BCUT2D eigenvalue weighted by Gasteiger charge is -2.12. The summed E-state index contributed by atoms with van der Waals surface area (Å²) in [5, 5.41) is 4.13. The summed E-state index contributed by atoms with van der Waals surface area (Å²) in [7, 11) is -3.84. The average molecular weight is 436 g/mol. The van der Waals surface area contributed by atoms with Gasteiger partial charge in [-0.1, -0.05) is 23.7 Å². The van der Waals surface area contributed by atoms with E-state index in [0.29, 0.717) is 17.0 Å². The number of sulfonamides is 1. The number of rotatable bonds is 5. The lowest BCUT2D eigenvalue weighted by atomic mass is 10.2. The predicted octanol–water partition coefficient (Wildman–Crippen LogP) is 5.45. The number of halogens is 2. The lowest BCUT2D eigenvalue weighted by Crippen LogP contribution is -2.13. The molecule has 0 bridgehead atoms. The number of anilines is 3. The number of aromatic nitrogens is 1. The van der Waals surface area contributed by atoms with Gasteiger partial charge in [0.15, 0.2) is 5.58 Å². The zero-order chi connectivity index (χ0) is 18.9. The molecule has 0 aliphatic rings. The molecule has 0 amide bonds. The molecule has 28 heavy (non-hydrogen) atoms. The Kier molecular flexibility index (Phi) is 5.79. The van der Waals surface area contributed by atoms with Gasteiger partial charge in [0.2, 0.25) is 0 Å². The minimum absolute atomic E-state index is 0. The van der Waals surface area contributed by atoms with Crippen LogP contribution >= 0.6 is 24.0 Å². The summed E-state index contributed by atoms with van der Waals surface area (Å²) in [6, 6.07) is 15.0. The van der Waals surface area contributed by atoms with Crippen molar-refractivity contribution < 1.29 is 12.8 Å². The van der Waals surface area contributed by atoms with Crippen molar-refractivity contribution in [3.63, 3.8) is 0 Å². The van der Waals surface area contributed by atoms with E-state index in [1.165, 1.54) is 12.1 Å². The van der Waals surface area contributed by atoms with Crippen molar-refractivity contribution in [2.75, 3.05) is 10.0 Å². The van der Waals surface area contributed by atoms with Gasteiger partial charge in [0.25, 0.3) is 10.0 Å². The predicted molar refractivity (Wildman–Crippen MR) is 113 cm³/mol. The first kappa shape index (κ1) is 20.0. The zero-order valence-corrected chi connectivity index (χ0v) is 16.7. The Hall–Kier alpha value is -2.74. The van der Waals surface area contributed by atoms with Gasteiger partial charge in [-0.3, -0.25) is 9.71 Å². The first-order valence-electron chi connectivity index (χ1n) is 7.98. The van der Waals surface area contributed by atoms with Crippen molar-refractivity contribution in [2.24, 2.45) is 0 Å². The standard InChI is InChI=1S/C19H14ClN3O3S.ClH/c20-16-3-1-2-4-18(16)27(24,25)23-15-11-13-7-10-26-19(13)17(12-15)22-14-5-8-21-9-6-14;/h1-12,23H,(H,21,22);1H. The molecule has 0 fully saturated rings. The van der Waals surface area contributed by atoms with Gasteiger partial charge in [-0.2, -0.15) is 0 Å². The minimum Gasteiger partial charge on any atom is -0.462 e. The Bertz CT molecular complexity index is 1210. The first-order valence-corrected chi connectivity index (χ1v) is 9.85. The van der Waals surface area contributed by atoms with E-state index in [2.05, 4.69) is 15.0 Å². The van der Waals surface area contributed by atoms with E-state index in [0.717, 1.165) is 11.1 Å². The van der Waals surface area contributed by atoms with Crippen molar-refractivity contribution in [2.45, 2.75) is 4.90 Å². The smallest absolute Gasteiger partial charge is 0.263 e. The summed E-state index contributed by atoms with van der Waals surface area (Å²) in [4.78, 5) is 4.00. The largest absolute Gasteiger partial charge is 0.462 e. The van der Waals surface area contributed by atoms with E-state index in [9.17, 15) is 8.42 Å². The second-order valence-electron chi connectivity index (χ2n) is 5.76. The van der Waals surface area contributed by atoms with Crippen LogP contribution < -0.4 is 10.0 Å². The summed E-state index contributed by atoms with van der Waals surface area (Å²) in [6.07, 6.45) is 4.87. The molecular weight excluding hydrogens is 421 g/mol. The Morgan fingerprint density at radius 1 is 0.964 bits per heavy atom. The van der Waals surface area contributed by atoms with Gasteiger partial charge in [0.1, 0.15) is 4.90 Å². The highest BCUT2D eigenvalue weighted by molar-refractivity contribution is 7.92. The molecule has 0 aliphatic heterocycles. The maximum Gasteiger partial charge on any atom is 0.263 e. The van der Waals surface area contributed by atoms with Crippen LogP contribution in [0.25, 0.3) is 11.0 Å². The van der Waals surface area contributed by atoms with E-state index in [1.807, 2.05) is 0 Å². The molecule has 0 saturated carbocycles. The highest BCUT2D eigenvalue weighted by Gasteiger charge is 2.19. The fourth-order valence-electron chi connectivity index (χ4n) is 2.70. The fraction of sp³-hybridized carbons (Fsp3) is 0. The third-order valence-electron chi connectivity index (χ3n) is 3.89. The molecule has 0 radical (unpaired) electrons.